The lowest BCUT2D eigenvalue weighted by Gasteiger charge is -2.18. The van der Waals surface area contributed by atoms with Crippen molar-refractivity contribution in [3.63, 3.8) is 0 Å². The minimum Gasteiger partial charge on any atom is -0.497 e. The van der Waals surface area contributed by atoms with Crippen molar-refractivity contribution in [1.29, 1.82) is 0 Å². The average Bonchev–Trinajstić information content (AvgIpc) is 2.46. The van der Waals surface area contributed by atoms with E-state index >= 15 is 0 Å². The Hall–Kier alpha value is -1.67. The van der Waals surface area contributed by atoms with Gasteiger partial charge in [-0.15, -0.1) is 11.6 Å². The van der Waals surface area contributed by atoms with Crippen LogP contribution in [0.3, 0.4) is 0 Å². The number of halogens is 1. The van der Waals surface area contributed by atoms with E-state index in [4.69, 9.17) is 16.3 Å². The molecule has 0 saturated carbocycles. The molecule has 0 aliphatic rings. The molecule has 0 aliphatic heterocycles. The summed E-state index contributed by atoms with van der Waals surface area (Å²) < 4.78 is 5.14. The average molecular weight is 276 g/mol. The van der Waals surface area contributed by atoms with Crippen LogP contribution in [0.15, 0.2) is 48.5 Å². The number of benzene rings is 2. The quantitative estimate of drug-likeness (QED) is 0.817. The van der Waals surface area contributed by atoms with Crippen LogP contribution in [0, 0.1) is 6.92 Å². The van der Waals surface area contributed by atoms with Crippen LogP contribution in [0.25, 0.3) is 0 Å². The number of rotatable bonds is 5. The second kappa shape index (κ2) is 6.48. The van der Waals surface area contributed by atoms with E-state index in [1.54, 1.807) is 7.11 Å². The maximum absolute atomic E-state index is 6.06. The number of hydrogen-bond acceptors (Lipinski definition) is 2. The van der Waals surface area contributed by atoms with E-state index in [2.05, 4.69) is 36.5 Å². The van der Waals surface area contributed by atoms with Gasteiger partial charge in [-0.05, 0) is 36.8 Å². The summed E-state index contributed by atoms with van der Waals surface area (Å²) in [5, 5.41) is 3.43. The van der Waals surface area contributed by atoms with Crippen LogP contribution in [0.1, 0.15) is 17.2 Å². The molecular weight excluding hydrogens is 258 g/mol. The monoisotopic (exact) mass is 275 g/mol. The number of alkyl halides is 1. The predicted octanol–water partition coefficient (Wildman–Crippen LogP) is 4.40. The molecule has 0 spiro atoms. The zero-order chi connectivity index (χ0) is 13.7. The second-order valence-corrected chi connectivity index (χ2v) is 4.80. The van der Waals surface area contributed by atoms with Crippen molar-refractivity contribution in [1.82, 2.24) is 0 Å². The number of nitrogens with one attached hydrogen (secondary N) is 1. The van der Waals surface area contributed by atoms with Crippen molar-refractivity contribution in [2.75, 3.05) is 18.3 Å². The van der Waals surface area contributed by atoms with Gasteiger partial charge in [-0.1, -0.05) is 29.8 Å². The van der Waals surface area contributed by atoms with Gasteiger partial charge in [-0.3, -0.25) is 0 Å². The van der Waals surface area contributed by atoms with Crippen molar-refractivity contribution in [2.45, 2.75) is 13.0 Å². The molecule has 0 amide bonds. The van der Waals surface area contributed by atoms with Gasteiger partial charge in [0.05, 0.1) is 13.2 Å². The lowest BCUT2D eigenvalue weighted by Crippen LogP contribution is -2.12. The van der Waals surface area contributed by atoms with Crippen LogP contribution in [-0.2, 0) is 0 Å². The highest BCUT2D eigenvalue weighted by Crippen LogP contribution is 2.23. The summed E-state index contributed by atoms with van der Waals surface area (Å²) in [6.07, 6.45) is 0. The first-order valence-corrected chi connectivity index (χ1v) is 6.79. The summed E-state index contributed by atoms with van der Waals surface area (Å²) in [6.45, 7) is 2.08. The molecule has 0 aromatic heterocycles. The molecule has 2 rings (SSSR count). The largest absolute Gasteiger partial charge is 0.497 e. The Morgan fingerprint density at radius 1 is 1.05 bits per heavy atom. The molecule has 100 valence electrons. The molecule has 3 heteroatoms. The molecule has 1 N–H and O–H groups in total. The SMILES string of the molecule is COc1ccc(N[C@@H](CCl)c2ccc(C)cc2)cc1. The molecule has 0 bridgehead atoms. The zero-order valence-electron chi connectivity index (χ0n) is 11.2. The first-order chi connectivity index (χ1) is 9.22. The highest BCUT2D eigenvalue weighted by molar-refractivity contribution is 6.18. The van der Waals surface area contributed by atoms with E-state index in [9.17, 15) is 0 Å². The number of anilines is 1. The fourth-order valence-corrected chi connectivity index (χ4v) is 2.15. The highest BCUT2D eigenvalue weighted by atomic mass is 35.5. The van der Waals surface area contributed by atoms with E-state index in [0.29, 0.717) is 5.88 Å². The molecular formula is C16H18ClNO. The summed E-state index contributed by atoms with van der Waals surface area (Å²) in [4.78, 5) is 0. The van der Waals surface area contributed by atoms with Gasteiger partial charge in [0.1, 0.15) is 5.75 Å². The van der Waals surface area contributed by atoms with Gasteiger partial charge in [0.2, 0.25) is 0 Å². The zero-order valence-corrected chi connectivity index (χ0v) is 11.9. The normalized spacial score (nSPS) is 11.9. The van der Waals surface area contributed by atoms with Gasteiger partial charge in [0.25, 0.3) is 0 Å². The maximum atomic E-state index is 6.06. The van der Waals surface area contributed by atoms with E-state index in [0.717, 1.165) is 11.4 Å². The van der Waals surface area contributed by atoms with Gasteiger partial charge in [-0.2, -0.15) is 0 Å². The molecule has 0 radical (unpaired) electrons. The van der Waals surface area contributed by atoms with Crippen LogP contribution < -0.4 is 10.1 Å². The summed E-state index contributed by atoms with van der Waals surface area (Å²) >= 11 is 6.06. The van der Waals surface area contributed by atoms with E-state index < -0.39 is 0 Å². The summed E-state index contributed by atoms with van der Waals surface area (Å²) in [7, 11) is 1.66. The van der Waals surface area contributed by atoms with Gasteiger partial charge < -0.3 is 10.1 Å². The topological polar surface area (TPSA) is 21.3 Å². The van der Waals surface area contributed by atoms with E-state index in [-0.39, 0.29) is 6.04 Å². The Labute approximate surface area is 119 Å². The lowest BCUT2D eigenvalue weighted by molar-refractivity contribution is 0.415. The third-order valence-electron chi connectivity index (χ3n) is 3.06. The number of hydrogen-bond donors (Lipinski definition) is 1. The highest BCUT2D eigenvalue weighted by Gasteiger charge is 2.09. The van der Waals surface area contributed by atoms with Crippen LogP contribution in [0.4, 0.5) is 5.69 Å². The molecule has 2 aromatic carbocycles. The molecule has 0 fully saturated rings. The molecule has 0 aliphatic carbocycles. The molecule has 1 atom stereocenters. The third-order valence-corrected chi connectivity index (χ3v) is 3.37. The van der Waals surface area contributed by atoms with Crippen molar-refractivity contribution >= 4 is 17.3 Å². The van der Waals surface area contributed by atoms with Gasteiger partial charge in [0.15, 0.2) is 0 Å². The van der Waals surface area contributed by atoms with Crippen LogP contribution >= 0.6 is 11.6 Å². The van der Waals surface area contributed by atoms with Gasteiger partial charge in [0, 0.05) is 11.6 Å². The van der Waals surface area contributed by atoms with Crippen molar-refractivity contribution in [3.8, 4) is 5.75 Å². The Morgan fingerprint density at radius 2 is 1.68 bits per heavy atom. The van der Waals surface area contributed by atoms with Crippen molar-refractivity contribution < 1.29 is 4.74 Å². The minimum atomic E-state index is 0.107. The molecule has 0 saturated heterocycles. The minimum absolute atomic E-state index is 0.107. The van der Waals surface area contributed by atoms with Crippen molar-refractivity contribution in [2.24, 2.45) is 0 Å². The van der Waals surface area contributed by atoms with Crippen LogP contribution in [-0.4, -0.2) is 13.0 Å². The molecule has 0 unspecified atom stereocenters. The van der Waals surface area contributed by atoms with Crippen molar-refractivity contribution in [3.05, 3.63) is 59.7 Å². The first kappa shape index (κ1) is 13.8. The molecule has 19 heavy (non-hydrogen) atoms. The second-order valence-electron chi connectivity index (χ2n) is 4.49. The maximum Gasteiger partial charge on any atom is 0.119 e. The summed E-state index contributed by atoms with van der Waals surface area (Å²) in [5.41, 5.74) is 3.48. The Balaban J connectivity index is 2.11. The fourth-order valence-electron chi connectivity index (χ4n) is 1.90. The summed E-state index contributed by atoms with van der Waals surface area (Å²) in [6, 6.07) is 16.4. The fraction of sp³-hybridized carbons (Fsp3) is 0.250. The van der Waals surface area contributed by atoms with Crippen LogP contribution in [0.5, 0.6) is 5.75 Å². The standard InChI is InChI=1S/C16H18ClNO/c1-12-3-5-13(6-4-12)16(11-17)18-14-7-9-15(19-2)10-8-14/h3-10,16,18H,11H2,1-2H3/t16-/m0/s1. The Morgan fingerprint density at radius 3 is 2.21 bits per heavy atom. The Bertz CT molecular complexity index is 507. The van der Waals surface area contributed by atoms with E-state index in [1.807, 2.05) is 24.3 Å². The first-order valence-electron chi connectivity index (χ1n) is 6.26. The van der Waals surface area contributed by atoms with E-state index in [1.165, 1.54) is 11.1 Å². The third kappa shape index (κ3) is 3.65. The Kier molecular flexibility index (Phi) is 4.69. The van der Waals surface area contributed by atoms with Gasteiger partial charge >= 0.3 is 0 Å². The summed E-state index contributed by atoms with van der Waals surface area (Å²) in [5.74, 6) is 1.37. The number of aryl methyl sites for hydroxylation is 1. The number of ether oxygens (including phenoxy) is 1. The predicted molar refractivity (Wildman–Crippen MR) is 81.3 cm³/mol. The van der Waals surface area contributed by atoms with Crippen LogP contribution in [0.2, 0.25) is 0 Å². The lowest BCUT2D eigenvalue weighted by atomic mass is 10.1. The van der Waals surface area contributed by atoms with Gasteiger partial charge in [-0.25, -0.2) is 0 Å². The molecule has 2 nitrogen and oxygen atoms in total. The molecule has 0 heterocycles. The number of methoxy groups -OCH3 is 1. The molecule has 2 aromatic rings. The smallest absolute Gasteiger partial charge is 0.119 e.